The van der Waals surface area contributed by atoms with Crippen molar-refractivity contribution in [1.29, 1.82) is 0 Å². The van der Waals surface area contributed by atoms with Crippen molar-refractivity contribution in [3.8, 4) is 11.6 Å². The van der Waals surface area contributed by atoms with Crippen LogP contribution in [0.2, 0.25) is 0 Å². The molecule has 7 heteroatoms. The summed E-state index contributed by atoms with van der Waals surface area (Å²) >= 11 is 0. The summed E-state index contributed by atoms with van der Waals surface area (Å²) in [6.45, 7) is 2.81. The Bertz CT molecular complexity index is 913. The summed E-state index contributed by atoms with van der Waals surface area (Å²) in [5, 5.41) is 6.79. The zero-order chi connectivity index (χ0) is 17.3. The van der Waals surface area contributed by atoms with Gasteiger partial charge < -0.3 is 15.4 Å². The lowest BCUT2D eigenvalue weighted by atomic mass is 10.2. The second kappa shape index (κ2) is 6.57. The van der Waals surface area contributed by atoms with Crippen LogP contribution >= 0.6 is 0 Å². The summed E-state index contributed by atoms with van der Waals surface area (Å²) in [7, 11) is 0. The molecule has 0 radical (unpaired) electrons. The Kier molecular flexibility index (Phi) is 3.93. The van der Waals surface area contributed by atoms with Crippen molar-refractivity contribution in [1.82, 2.24) is 24.8 Å². The van der Waals surface area contributed by atoms with E-state index in [9.17, 15) is 0 Å². The van der Waals surface area contributed by atoms with Crippen LogP contribution in [0.5, 0.6) is 5.75 Å². The first-order chi connectivity index (χ1) is 12.8. The predicted molar refractivity (Wildman–Crippen MR) is 99.8 cm³/mol. The van der Waals surface area contributed by atoms with E-state index >= 15 is 0 Å². The van der Waals surface area contributed by atoms with Crippen molar-refractivity contribution < 1.29 is 4.74 Å². The van der Waals surface area contributed by atoms with Crippen LogP contribution in [0.15, 0.2) is 36.9 Å². The molecule has 134 valence electrons. The molecule has 26 heavy (non-hydrogen) atoms. The van der Waals surface area contributed by atoms with E-state index in [0.29, 0.717) is 6.04 Å². The van der Waals surface area contributed by atoms with E-state index in [1.807, 2.05) is 22.8 Å². The van der Waals surface area contributed by atoms with Gasteiger partial charge in [0, 0.05) is 18.7 Å². The molecule has 1 atom stereocenters. The molecule has 1 saturated heterocycles. The van der Waals surface area contributed by atoms with Gasteiger partial charge in [0.2, 0.25) is 0 Å². The predicted octanol–water partition coefficient (Wildman–Crippen LogP) is 2.38. The van der Waals surface area contributed by atoms with Gasteiger partial charge in [-0.1, -0.05) is 0 Å². The maximum absolute atomic E-state index is 5.85. The molecule has 1 saturated carbocycles. The molecule has 0 bridgehead atoms. The number of nitrogens with one attached hydrogen (secondary N) is 2. The summed E-state index contributed by atoms with van der Waals surface area (Å²) < 4.78 is 7.82. The Morgan fingerprint density at radius 2 is 2.19 bits per heavy atom. The number of imidazole rings is 1. The molecule has 1 unspecified atom stereocenters. The normalized spacial score (nSPS) is 19.8. The number of fused-ring (bicyclic) bond motifs is 1. The van der Waals surface area contributed by atoms with Gasteiger partial charge in [0.1, 0.15) is 17.9 Å². The van der Waals surface area contributed by atoms with Crippen molar-refractivity contribution in [2.75, 3.05) is 25.0 Å². The molecule has 1 aliphatic carbocycles. The van der Waals surface area contributed by atoms with E-state index in [2.05, 4.69) is 20.6 Å². The summed E-state index contributed by atoms with van der Waals surface area (Å²) in [6, 6.07) is 6.44. The van der Waals surface area contributed by atoms with Gasteiger partial charge in [-0.15, -0.1) is 0 Å². The number of nitrogens with zero attached hydrogens (tertiary/aromatic N) is 4. The molecule has 7 nitrogen and oxygen atoms in total. The van der Waals surface area contributed by atoms with Crippen molar-refractivity contribution in [2.45, 2.75) is 25.3 Å². The fraction of sp³-hybridized carbons (Fsp3) is 0.421. The van der Waals surface area contributed by atoms with Crippen LogP contribution in [0, 0.1) is 5.92 Å². The highest BCUT2D eigenvalue weighted by Crippen LogP contribution is 2.30. The minimum Gasteiger partial charge on any atom is -0.493 e. The van der Waals surface area contributed by atoms with Crippen LogP contribution in [0.1, 0.15) is 19.3 Å². The second-order valence-electron chi connectivity index (χ2n) is 7.12. The van der Waals surface area contributed by atoms with Gasteiger partial charge in [-0.2, -0.15) is 0 Å². The van der Waals surface area contributed by atoms with E-state index in [0.717, 1.165) is 60.5 Å². The number of rotatable bonds is 6. The topological polar surface area (TPSA) is 76.9 Å². The number of benzene rings is 1. The lowest BCUT2D eigenvalue weighted by molar-refractivity contribution is 0.300. The molecule has 2 fully saturated rings. The first kappa shape index (κ1) is 15.6. The molecule has 3 aromatic rings. The van der Waals surface area contributed by atoms with Crippen molar-refractivity contribution in [3.05, 3.63) is 36.9 Å². The summed E-state index contributed by atoms with van der Waals surface area (Å²) in [5.41, 5.74) is 1.90. The zero-order valence-corrected chi connectivity index (χ0v) is 14.6. The van der Waals surface area contributed by atoms with Crippen LogP contribution in [0.4, 0.5) is 5.82 Å². The smallest absolute Gasteiger partial charge is 0.159 e. The van der Waals surface area contributed by atoms with Gasteiger partial charge in [0.25, 0.3) is 0 Å². The average Bonchev–Trinajstić information content (AvgIpc) is 3.18. The van der Waals surface area contributed by atoms with Gasteiger partial charge in [-0.05, 0) is 43.9 Å². The number of aromatic nitrogens is 4. The van der Waals surface area contributed by atoms with E-state index < -0.39 is 0 Å². The van der Waals surface area contributed by atoms with Gasteiger partial charge in [0.05, 0.1) is 30.0 Å². The fourth-order valence-electron chi connectivity index (χ4n) is 3.29. The molecular weight excluding hydrogens is 328 g/mol. The van der Waals surface area contributed by atoms with Gasteiger partial charge in [-0.3, -0.25) is 9.55 Å². The van der Waals surface area contributed by atoms with Crippen LogP contribution in [-0.2, 0) is 0 Å². The number of hydrogen-bond donors (Lipinski definition) is 2. The molecule has 0 amide bonds. The molecule has 2 aliphatic rings. The monoisotopic (exact) mass is 350 g/mol. The third-order valence-electron chi connectivity index (χ3n) is 4.98. The minimum absolute atomic E-state index is 0.408. The van der Waals surface area contributed by atoms with Crippen molar-refractivity contribution >= 4 is 16.9 Å². The molecule has 2 N–H and O–H groups in total. The standard InChI is InChI=1S/C19H22N6O/c1-2-13(1)11-26-15-3-4-17-16(7-15)22-12-25(17)19-10-21-9-18(24-19)23-14-5-6-20-8-14/h3-4,7,9-10,12-14,20H,1-2,5-6,8,11H2,(H,23,24). The molecular formula is C19H22N6O. The van der Waals surface area contributed by atoms with Crippen LogP contribution in [-0.4, -0.2) is 45.3 Å². The number of ether oxygens (including phenoxy) is 1. The summed E-state index contributed by atoms with van der Waals surface area (Å²) in [4.78, 5) is 13.6. The first-order valence-corrected chi connectivity index (χ1v) is 9.25. The molecule has 5 rings (SSSR count). The largest absolute Gasteiger partial charge is 0.493 e. The first-order valence-electron chi connectivity index (χ1n) is 9.25. The SMILES string of the molecule is c1cc2c(cc1OCC1CC1)ncn2-c1cncc(NC2CCNC2)n1. The Morgan fingerprint density at radius 1 is 1.23 bits per heavy atom. The number of anilines is 1. The molecule has 1 aliphatic heterocycles. The van der Waals surface area contributed by atoms with Gasteiger partial charge in [0.15, 0.2) is 5.82 Å². The van der Waals surface area contributed by atoms with Crippen LogP contribution in [0.3, 0.4) is 0 Å². The van der Waals surface area contributed by atoms with Crippen LogP contribution in [0.25, 0.3) is 16.9 Å². The third-order valence-corrected chi connectivity index (χ3v) is 4.98. The van der Waals surface area contributed by atoms with Gasteiger partial charge >= 0.3 is 0 Å². The molecule has 0 spiro atoms. The minimum atomic E-state index is 0.408. The average molecular weight is 350 g/mol. The molecule has 1 aromatic carbocycles. The lowest BCUT2D eigenvalue weighted by Crippen LogP contribution is -2.23. The van der Waals surface area contributed by atoms with Crippen LogP contribution < -0.4 is 15.4 Å². The zero-order valence-electron chi connectivity index (χ0n) is 14.6. The lowest BCUT2D eigenvalue weighted by Gasteiger charge is -2.12. The van der Waals surface area contributed by atoms with E-state index in [-0.39, 0.29) is 0 Å². The second-order valence-corrected chi connectivity index (χ2v) is 7.12. The Labute approximate surface area is 151 Å². The molecule has 2 aromatic heterocycles. The highest BCUT2D eigenvalue weighted by atomic mass is 16.5. The van der Waals surface area contributed by atoms with Gasteiger partial charge in [-0.25, -0.2) is 9.97 Å². The summed E-state index contributed by atoms with van der Waals surface area (Å²) in [6.07, 6.45) is 9.00. The third kappa shape index (κ3) is 3.22. The Hall–Kier alpha value is -2.67. The van der Waals surface area contributed by atoms with E-state index in [1.54, 1.807) is 18.7 Å². The maximum atomic E-state index is 5.85. The van der Waals surface area contributed by atoms with Crippen molar-refractivity contribution in [3.63, 3.8) is 0 Å². The quantitative estimate of drug-likeness (QED) is 0.711. The summed E-state index contributed by atoms with van der Waals surface area (Å²) in [5.74, 6) is 3.17. The van der Waals surface area contributed by atoms with E-state index in [4.69, 9.17) is 9.72 Å². The van der Waals surface area contributed by atoms with Crippen molar-refractivity contribution in [2.24, 2.45) is 5.92 Å². The molecule has 3 heterocycles. The Balaban J connectivity index is 1.39. The van der Waals surface area contributed by atoms with E-state index in [1.165, 1.54) is 12.8 Å². The fourth-order valence-corrected chi connectivity index (χ4v) is 3.29. The highest BCUT2D eigenvalue weighted by Gasteiger charge is 2.22. The highest BCUT2D eigenvalue weighted by molar-refractivity contribution is 5.78. The Morgan fingerprint density at radius 3 is 3.04 bits per heavy atom. The maximum Gasteiger partial charge on any atom is 0.159 e. The number of hydrogen-bond acceptors (Lipinski definition) is 6.